The minimum Gasteiger partial charge on any atom is -0.443 e. The number of hydrogen-bond donors (Lipinski definition) is 0. The fourth-order valence-electron chi connectivity index (χ4n) is 4.49. The number of amides is 2. The van der Waals surface area contributed by atoms with Crippen molar-refractivity contribution in [1.82, 2.24) is 4.90 Å². The molecule has 1 aliphatic rings. The molecule has 0 aliphatic carbocycles. The molecule has 0 N–H and O–H groups in total. The lowest BCUT2D eigenvalue weighted by atomic mass is 10.1. The van der Waals surface area contributed by atoms with Gasteiger partial charge in [0.25, 0.3) is 5.91 Å². The molecule has 2 amide bonds. The van der Waals surface area contributed by atoms with Crippen LogP contribution in [0.1, 0.15) is 55.4 Å². The molecule has 1 aliphatic heterocycles. The predicted molar refractivity (Wildman–Crippen MR) is 152 cm³/mol. The van der Waals surface area contributed by atoms with Crippen LogP contribution < -0.4 is 5.19 Å². The number of carbonyl (C=O) groups is 3. The lowest BCUT2D eigenvalue weighted by Crippen LogP contribution is -2.54. The number of hydrogen-bond acceptors (Lipinski definition) is 6. The van der Waals surface area contributed by atoms with E-state index in [-0.39, 0.29) is 22.9 Å². The minimum atomic E-state index is -2.50. The third-order valence-corrected chi connectivity index (χ3v) is 16.0. The molecule has 0 saturated carbocycles. The second-order valence-corrected chi connectivity index (χ2v) is 22.4. The van der Waals surface area contributed by atoms with Gasteiger partial charge in [-0.15, -0.1) is 0 Å². The van der Waals surface area contributed by atoms with E-state index in [9.17, 15) is 14.4 Å². The van der Waals surface area contributed by atoms with Gasteiger partial charge in [0.1, 0.15) is 11.4 Å². The van der Waals surface area contributed by atoms with Crippen LogP contribution in [-0.2, 0) is 23.5 Å². The number of likely N-dealkylation sites (tertiary alicyclic amines) is 1. The van der Waals surface area contributed by atoms with Gasteiger partial charge in [0.05, 0.1) is 26.3 Å². The highest BCUT2D eigenvalue weighted by molar-refractivity contribution is 6.92. The fraction of sp³-hybridized carbons (Fsp3) is 0.607. The summed E-state index contributed by atoms with van der Waals surface area (Å²) >= 11 is 0. The quantitative estimate of drug-likeness (QED) is 0.189. The SMILES string of the molecule is CC(=O)O/C(C)=C1\C(=O)N(C(=O)OC(C)(C)C)[C@H](CO[Si](C)(C)C(C)(C)C)[C@H]1[Si](C)(C)c1ccccc1. The molecule has 37 heavy (non-hydrogen) atoms. The standard InChI is InChI=1S/C28H45NO6Si2/c1-19(34-20(2)30)23-24(36(9,10)21-16-14-13-15-17-21)22(18-33-37(11,12)28(6,7)8)29(25(23)31)26(32)35-27(3,4)5/h13-17,22,24H,18H2,1-12H3/b23-19-/t22-,24-/m1/s1. The van der Waals surface area contributed by atoms with Gasteiger partial charge in [-0.1, -0.05) is 69.4 Å². The van der Waals surface area contributed by atoms with Crippen LogP contribution in [0.3, 0.4) is 0 Å². The maximum Gasteiger partial charge on any atom is 0.417 e. The Kier molecular flexibility index (Phi) is 9.10. The summed E-state index contributed by atoms with van der Waals surface area (Å²) in [5.41, 5.74) is -0.814. The van der Waals surface area contributed by atoms with E-state index in [0.29, 0.717) is 5.57 Å². The molecule has 1 aromatic carbocycles. The van der Waals surface area contributed by atoms with E-state index in [0.717, 1.165) is 5.19 Å². The molecule has 0 radical (unpaired) electrons. The Morgan fingerprint density at radius 1 is 0.946 bits per heavy atom. The van der Waals surface area contributed by atoms with E-state index >= 15 is 0 Å². The number of esters is 1. The average molecular weight is 548 g/mol. The topological polar surface area (TPSA) is 82.1 Å². The lowest BCUT2D eigenvalue weighted by molar-refractivity contribution is -0.136. The van der Waals surface area contributed by atoms with Gasteiger partial charge in [0, 0.05) is 12.5 Å². The van der Waals surface area contributed by atoms with Crippen molar-refractivity contribution in [2.45, 2.75) is 104 Å². The first kappa shape index (κ1) is 31.0. The van der Waals surface area contributed by atoms with Gasteiger partial charge in [-0.2, -0.15) is 0 Å². The zero-order valence-electron chi connectivity index (χ0n) is 24.6. The normalized spacial score (nSPS) is 20.6. The molecule has 1 aromatic rings. The molecule has 1 fully saturated rings. The molecule has 1 saturated heterocycles. The van der Waals surface area contributed by atoms with Crippen LogP contribution in [0, 0.1) is 0 Å². The molecular weight excluding hydrogens is 502 g/mol. The van der Waals surface area contributed by atoms with Gasteiger partial charge in [-0.25, -0.2) is 9.69 Å². The monoisotopic (exact) mass is 547 g/mol. The van der Waals surface area contributed by atoms with Gasteiger partial charge in [-0.3, -0.25) is 9.59 Å². The Morgan fingerprint density at radius 3 is 1.95 bits per heavy atom. The van der Waals surface area contributed by atoms with Gasteiger partial charge in [-0.05, 0) is 45.8 Å². The first-order valence-electron chi connectivity index (χ1n) is 12.9. The summed E-state index contributed by atoms with van der Waals surface area (Å²) in [5, 5.41) is 1.07. The number of imide groups is 1. The Hall–Kier alpha value is -2.24. The van der Waals surface area contributed by atoms with Crippen molar-refractivity contribution in [2.24, 2.45) is 0 Å². The Labute approximate surface area is 224 Å². The smallest absolute Gasteiger partial charge is 0.417 e. The first-order chi connectivity index (χ1) is 16.7. The Balaban J connectivity index is 2.76. The summed E-state index contributed by atoms with van der Waals surface area (Å²) < 4.78 is 17.8. The third kappa shape index (κ3) is 7.00. The second kappa shape index (κ2) is 10.9. The zero-order chi connectivity index (χ0) is 28.6. The van der Waals surface area contributed by atoms with Crippen LogP contribution >= 0.6 is 0 Å². The summed E-state index contributed by atoms with van der Waals surface area (Å²) in [6.45, 7) is 23.6. The van der Waals surface area contributed by atoms with E-state index < -0.39 is 46.0 Å². The van der Waals surface area contributed by atoms with E-state index in [1.165, 1.54) is 11.8 Å². The van der Waals surface area contributed by atoms with Crippen LogP contribution in [0.4, 0.5) is 4.79 Å². The number of rotatable bonds is 6. The van der Waals surface area contributed by atoms with Crippen molar-refractivity contribution in [2.75, 3.05) is 6.61 Å². The minimum absolute atomic E-state index is 0.0550. The van der Waals surface area contributed by atoms with Crippen molar-refractivity contribution < 1.29 is 28.3 Å². The summed E-state index contributed by atoms with van der Waals surface area (Å²) in [6, 6.07) is 9.46. The molecular formula is C28H45NO6Si2. The summed E-state index contributed by atoms with van der Waals surface area (Å²) in [5.74, 6) is -0.777. The number of ether oxygens (including phenoxy) is 2. The highest BCUT2D eigenvalue weighted by atomic mass is 28.4. The Morgan fingerprint density at radius 2 is 1.49 bits per heavy atom. The van der Waals surface area contributed by atoms with Gasteiger partial charge in [0.15, 0.2) is 8.32 Å². The molecule has 206 valence electrons. The van der Waals surface area contributed by atoms with Gasteiger partial charge >= 0.3 is 12.1 Å². The maximum atomic E-state index is 14.0. The fourth-order valence-corrected chi connectivity index (χ4v) is 9.18. The average Bonchev–Trinajstić information content (AvgIpc) is 3.03. The molecule has 0 unspecified atom stereocenters. The lowest BCUT2D eigenvalue weighted by Gasteiger charge is -2.40. The summed E-state index contributed by atoms with van der Waals surface area (Å²) in [6.07, 6.45) is -0.713. The van der Waals surface area contributed by atoms with Gasteiger partial charge in [0.2, 0.25) is 0 Å². The molecule has 0 bridgehead atoms. The van der Waals surface area contributed by atoms with Crippen LogP contribution in [0.15, 0.2) is 41.7 Å². The predicted octanol–water partition coefficient (Wildman–Crippen LogP) is 5.98. The van der Waals surface area contributed by atoms with Crippen LogP contribution in [0.25, 0.3) is 0 Å². The molecule has 2 rings (SSSR count). The first-order valence-corrected chi connectivity index (χ1v) is 18.8. The summed E-state index contributed by atoms with van der Waals surface area (Å²) in [4.78, 5) is 40.7. The third-order valence-electron chi connectivity index (χ3n) is 7.46. The molecule has 9 heteroatoms. The summed E-state index contributed by atoms with van der Waals surface area (Å²) in [7, 11) is -4.73. The van der Waals surface area contributed by atoms with E-state index in [2.05, 4.69) is 59.1 Å². The van der Waals surface area contributed by atoms with Crippen molar-refractivity contribution in [3.05, 3.63) is 41.7 Å². The molecule has 2 atom stereocenters. The van der Waals surface area contributed by atoms with E-state index in [1.807, 2.05) is 18.2 Å². The number of allylic oxidation sites excluding steroid dienone is 1. The van der Waals surface area contributed by atoms with Crippen LogP contribution in [0.2, 0.25) is 36.8 Å². The van der Waals surface area contributed by atoms with Crippen molar-refractivity contribution in [3.8, 4) is 0 Å². The highest BCUT2D eigenvalue weighted by Gasteiger charge is 2.57. The molecule has 1 heterocycles. The zero-order valence-corrected chi connectivity index (χ0v) is 26.6. The van der Waals surface area contributed by atoms with Crippen LogP contribution in [0.5, 0.6) is 0 Å². The largest absolute Gasteiger partial charge is 0.443 e. The van der Waals surface area contributed by atoms with Crippen molar-refractivity contribution >= 4 is 39.5 Å². The molecule has 0 spiro atoms. The van der Waals surface area contributed by atoms with E-state index in [1.54, 1.807) is 27.7 Å². The maximum absolute atomic E-state index is 14.0. The van der Waals surface area contributed by atoms with Crippen molar-refractivity contribution in [3.63, 3.8) is 0 Å². The number of nitrogens with zero attached hydrogens (tertiary/aromatic N) is 1. The number of carbonyl (C=O) groups excluding carboxylic acids is 3. The van der Waals surface area contributed by atoms with Crippen molar-refractivity contribution in [1.29, 1.82) is 0 Å². The Bertz CT molecular complexity index is 1050. The molecule has 7 nitrogen and oxygen atoms in total. The van der Waals surface area contributed by atoms with Crippen LogP contribution in [-0.4, -0.2) is 57.5 Å². The van der Waals surface area contributed by atoms with E-state index in [4.69, 9.17) is 13.9 Å². The number of benzene rings is 1. The molecule has 0 aromatic heterocycles. The second-order valence-electron chi connectivity index (χ2n) is 12.9. The highest BCUT2D eigenvalue weighted by Crippen LogP contribution is 2.46. The van der Waals surface area contributed by atoms with Gasteiger partial charge < -0.3 is 13.9 Å².